The molecule has 1 aromatic rings. The van der Waals surface area contributed by atoms with Crippen LogP contribution in [-0.4, -0.2) is 20.3 Å². The van der Waals surface area contributed by atoms with Crippen LogP contribution in [0.5, 0.6) is 11.5 Å². The molecular weight excluding hydrogens is 250 g/mol. The molecule has 0 aliphatic rings. The van der Waals surface area contributed by atoms with E-state index >= 15 is 0 Å². The van der Waals surface area contributed by atoms with Gasteiger partial charge in [0.05, 0.1) is 19.2 Å². The number of methoxy groups -OCH3 is 2. The highest BCUT2D eigenvalue weighted by Gasteiger charge is 2.21. The molecule has 0 fully saturated rings. The van der Waals surface area contributed by atoms with Crippen molar-refractivity contribution >= 4 is 11.6 Å². The first-order valence-electron chi connectivity index (χ1n) is 6.11. The smallest absolute Gasteiger partial charge is 0.179 e. The zero-order valence-electron chi connectivity index (χ0n) is 11.7. The van der Waals surface area contributed by atoms with E-state index in [0.29, 0.717) is 16.7 Å². The van der Waals surface area contributed by atoms with Crippen molar-refractivity contribution < 1.29 is 9.47 Å². The van der Waals surface area contributed by atoms with Gasteiger partial charge in [-0.15, -0.1) is 0 Å². The molecule has 0 spiro atoms. The van der Waals surface area contributed by atoms with Crippen LogP contribution >= 0.6 is 11.6 Å². The Morgan fingerprint density at radius 2 is 1.72 bits per heavy atom. The molecule has 0 aliphatic carbocycles. The Bertz CT molecular complexity index is 417. The molecule has 0 amide bonds. The second kappa shape index (κ2) is 6.30. The van der Waals surface area contributed by atoms with Crippen LogP contribution < -0.4 is 15.2 Å². The molecule has 1 unspecified atom stereocenters. The third kappa shape index (κ3) is 3.09. The lowest BCUT2D eigenvalue weighted by Crippen LogP contribution is -2.19. The molecule has 0 saturated heterocycles. The largest absolute Gasteiger partial charge is 0.492 e. The molecule has 2 N–H and O–H groups in total. The maximum Gasteiger partial charge on any atom is 0.179 e. The highest BCUT2D eigenvalue weighted by atomic mass is 35.5. The summed E-state index contributed by atoms with van der Waals surface area (Å²) in [6.45, 7) is 6.22. The number of benzene rings is 1. The van der Waals surface area contributed by atoms with Crippen LogP contribution in [0.3, 0.4) is 0 Å². The van der Waals surface area contributed by atoms with E-state index in [2.05, 4.69) is 13.8 Å². The molecule has 1 rings (SSSR count). The summed E-state index contributed by atoms with van der Waals surface area (Å²) in [5.74, 6) is 1.63. The van der Waals surface area contributed by atoms with Crippen molar-refractivity contribution in [1.82, 2.24) is 0 Å². The molecule has 1 aromatic carbocycles. The third-order valence-electron chi connectivity index (χ3n) is 2.84. The molecule has 3 nitrogen and oxygen atoms in total. The third-order valence-corrected chi connectivity index (χ3v) is 3.12. The molecule has 0 saturated carbocycles. The summed E-state index contributed by atoms with van der Waals surface area (Å²) in [6, 6.07) is 2.01. The molecule has 1 atom stereocenters. The first-order valence-corrected chi connectivity index (χ1v) is 6.48. The molecule has 0 radical (unpaired) electrons. The maximum atomic E-state index is 6.23. The van der Waals surface area contributed by atoms with Crippen molar-refractivity contribution in [2.75, 3.05) is 14.2 Å². The van der Waals surface area contributed by atoms with Crippen molar-refractivity contribution in [1.29, 1.82) is 0 Å². The highest BCUT2D eigenvalue weighted by Crippen LogP contribution is 2.43. The lowest BCUT2D eigenvalue weighted by molar-refractivity contribution is 0.350. The van der Waals surface area contributed by atoms with Gasteiger partial charge < -0.3 is 15.2 Å². The number of hydrogen-bond acceptors (Lipinski definition) is 3. The van der Waals surface area contributed by atoms with Crippen LogP contribution in [0.1, 0.15) is 37.8 Å². The van der Waals surface area contributed by atoms with Crippen LogP contribution in [0, 0.1) is 0 Å². The van der Waals surface area contributed by atoms with Gasteiger partial charge in [-0.3, -0.25) is 0 Å². The lowest BCUT2D eigenvalue weighted by Gasteiger charge is -2.21. The Morgan fingerprint density at radius 1 is 1.17 bits per heavy atom. The molecule has 102 valence electrons. The van der Waals surface area contributed by atoms with E-state index < -0.39 is 0 Å². The topological polar surface area (TPSA) is 44.5 Å². The Hall–Kier alpha value is -0.930. The fourth-order valence-corrected chi connectivity index (χ4v) is 2.51. The van der Waals surface area contributed by atoms with Gasteiger partial charge in [0.1, 0.15) is 0 Å². The summed E-state index contributed by atoms with van der Waals surface area (Å²) >= 11 is 6.23. The monoisotopic (exact) mass is 271 g/mol. The second-order valence-corrected chi connectivity index (χ2v) is 5.24. The van der Waals surface area contributed by atoms with E-state index in [-0.39, 0.29) is 6.04 Å². The Balaban J connectivity index is 3.47. The number of nitrogens with two attached hydrogens (primary N) is 1. The number of halogens is 1. The SMILES string of the molecule is COc1c(Cl)cc(CC(C)N)c(C(C)C)c1OC. The number of rotatable bonds is 5. The Labute approximate surface area is 114 Å². The zero-order chi connectivity index (χ0) is 13.9. The molecule has 0 heterocycles. The first-order chi connectivity index (χ1) is 8.42. The van der Waals surface area contributed by atoms with Crippen molar-refractivity contribution in [3.05, 3.63) is 22.2 Å². The van der Waals surface area contributed by atoms with Gasteiger partial charge in [-0.2, -0.15) is 0 Å². The molecule has 4 heteroatoms. The molecule has 18 heavy (non-hydrogen) atoms. The molecule has 0 aromatic heterocycles. The fraction of sp³-hybridized carbons (Fsp3) is 0.571. The van der Waals surface area contributed by atoms with Gasteiger partial charge in [0.2, 0.25) is 0 Å². The summed E-state index contributed by atoms with van der Waals surface area (Å²) in [5.41, 5.74) is 8.14. The van der Waals surface area contributed by atoms with Crippen LogP contribution in [0.4, 0.5) is 0 Å². The van der Waals surface area contributed by atoms with Crippen molar-refractivity contribution in [2.45, 2.75) is 39.2 Å². The minimum atomic E-state index is 0.0802. The first kappa shape index (κ1) is 15.1. The van der Waals surface area contributed by atoms with Gasteiger partial charge in [-0.25, -0.2) is 0 Å². The number of ether oxygens (including phenoxy) is 2. The minimum Gasteiger partial charge on any atom is -0.492 e. The second-order valence-electron chi connectivity index (χ2n) is 4.83. The average Bonchev–Trinajstić information content (AvgIpc) is 2.26. The highest BCUT2D eigenvalue weighted by molar-refractivity contribution is 6.32. The van der Waals surface area contributed by atoms with E-state index in [4.69, 9.17) is 26.8 Å². The molecule has 0 bridgehead atoms. The predicted octanol–water partition coefficient (Wildman–Crippen LogP) is 3.37. The zero-order valence-corrected chi connectivity index (χ0v) is 12.5. The van der Waals surface area contributed by atoms with E-state index in [1.807, 2.05) is 13.0 Å². The maximum absolute atomic E-state index is 6.23. The van der Waals surface area contributed by atoms with Gasteiger partial charge in [-0.1, -0.05) is 25.4 Å². The van der Waals surface area contributed by atoms with Crippen molar-refractivity contribution in [3.8, 4) is 11.5 Å². The summed E-state index contributed by atoms with van der Waals surface area (Å²) in [5, 5.41) is 0.564. The van der Waals surface area contributed by atoms with Crippen molar-refractivity contribution in [3.63, 3.8) is 0 Å². The molecule has 0 aliphatic heterocycles. The Kier molecular flexibility index (Phi) is 5.29. The number of hydrogen-bond donors (Lipinski definition) is 1. The Morgan fingerprint density at radius 3 is 2.11 bits per heavy atom. The van der Waals surface area contributed by atoms with Gasteiger partial charge in [0.15, 0.2) is 11.5 Å². The normalized spacial score (nSPS) is 12.7. The van der Waals surface area contributed by atoms with Crippen LogP contribution in [0.15, 0.2) is 6.07 Å². The van der Waals surface area contributed by atoms with E-state index in [1.165, 1.54) is 0 Å². The lowest BCUT2D eigenvalue weighted by atomic mass is 9.92. The van der Waals surface area contributed by atoms with Crippen LogP contribution in [0.25, 0.3) is 0 Å². The standard InChI is InChI=1S/C14H22ClNO2/c1-8(2)12-10(6-9(3)16)7-11(15)13(17-4)14(12)18-5/h7-9H,6,16H2,1-5H3. The quantitative estimate of drug-likeness (QED) is 0.893. The minimum absolute atomic E-state index is 0.0802. The van der Waals surface area contributed by atoms with Gasteiger partial charge in [0, 0.05) is 11.6 Å². The van der Waals surface area contributed by atoms with Crippen LogP contribution in [-0.2, 0) is 6.42 Å². The van der Waals surface area contributed by atoms with Gasteiger partial charge in [-0.05, 0) is 30.9 Å². The van der Waals surface area contributed by atoms with Crippen LogP contribution in [0.2, 0.25) is 5.02 Å². The predicted molar refractivity (Wildman–Crippen MR) is 76.0 cm³/mol. The summed E-state index contributed by atoms with van der Waals surface area (Å²) < 4.78 is 10.8. The van der Waals surface area contributed by atoms with Gasteiger partial charge >= 0.3 is 0 Å². The van der Waals surface area contributed by atoms with Gasteiger partial charge in [0.25, 0.3) is 0 Å². The van der Waals surface area contributed by atoms with E-state index in [9.17, 15) is 0 Å². The molecular formula is C14H22ClNO2. The van der Waals surface area contributed by atoms with E-state index in [0.717, 1.165) is 23.3 Å². The van der Waals surface area contributed by atoms with Crippen molar-refractivity contribution in [2.24, 2.45) is 5.73 Å². The fourth-order valence-electron chi connectivity index (χ4n) is 2.21. The summed E-state index contributed by atoms with van der Waals surface area (Å²) in [7, 11) is 3.23. The summed E-state index contributed by atoms with van der Waals surface area (Å²) in [4.78, 5) is 0. The van der Waals surface area contributed by atoms with E-state index in [1.54, 1.807) is 14.2 Å². The average molecular weight is 272 g/mol. The summed E-state index contributed by atoms with van der Waals surface area (Å²) in [6.07, 6.45) is 0.771.